The summed E-state index contributed by atoms with van der Waals surface area (Å²) in [4.78, 5) is -0.151. The Labute approximate surface area is 115 Å². The van der Waals surface area contributed by atoms with Crippen LogP contribution in [0.15, 0.2) is 47.4 Å². The molecule has 0 aliphatic heterocycles. The second-order valence-electron chi connectivity index (χ2n) is 4.05. The maximum Gasteiger partial charge on any atom is 0.132 e. The number of quaternary nitrogens is 1. The van der Waals surface area contributed by atoms with E-state index >= 15 is 0 Å². The number of sulfonamides is 1. The van der Waals surface area contributed by atoms with Gasteiger partial charge in [-0.25, -0.2) is 17.2 Å². The van der Waals surface area contributed by atoms with Crippen LogP contribution in [-0.4, -0.2) is 8.42 Å². The van der Waals surface area contributed by atoms with Crippen molar-refractivity contribution >= 4 is 15.7 Å². The fraction of sp³-hybridized carbons (Fsp3) is 0.0769. The second kappa shape index (κ2) is 5.56. The maximum atomic E-state index is 13.3. The Kier molecular flexibility index (Phi) is 4.01. The van der Waals surface area contributed by atoms with E-state index in [0.717, 1.165) is 18.2 Å². The molecule has 20 heavy (non-hydrogen) atoms. The molecule has 0 amide bonds. The molecule has 0 spiro atoms. The standard InChI is InChI=1S/C13H11F2N2O2S/c14-10-2-1-3-11(7-10)17-20(18,19)12-4-5-13(15)9(6-12)8-16/h1-7H,8,16H2/q-1/p+1. The van der Waals surface area contributed by atoms with Crippen molar-refractivity contribution in [2.45, 2.75) is 11.4 Å². The van der Waals surface area contributed by atoms with E-state index < -0.39 is 21.7 Å². The lowest BCUT2D eigenvalue weighted by atomic mass is 10.2. The molecule has 3 N–H and O–H groups in total. The van der Waals surface area contributed by atoms with E-state index in [9.17, 15) is 17.2 Å². The van der Waals surface area contributed by atoms with Crippen molar-refractivity contribution in [3.05, 3.63) is 64.4 Å². The first kappa shape index (κ1) is 14.4. The minimum Gasteiger partial charge on any atom is -0.573 e. The highest BCUT2D eigenvalue weighted by molar-refractivity contribution is 7.94. The normalized spacial score (nSPS) is 11.3. The average molecular weight is 298 g/mol. The molecule has 0 heterocycles. The summed E-state index contributed by atoms with van der Waals surface area (Å²) in [5, 5.41) is 0. The highest BCUT2D eigenvalue weighted by Crippen LogP contribution is 2.28. The predicted molar refractivity (Wildman–Crippen MR) is 69.6 cm³/mol. The Morgan fingerprint density at radius 1 is 1.10 bits per heavy atom. The highest BCUT2D eigenvalue weighted by atomic mass is 32.2. The largest absolute Gasteiger partial charge is 0.573 e. The van der Waals surface area contributed by atoms with Gasteiger partial charge in [-0.15, -0.1) is 5.69 Å². The van der Waals surface area contributed by atoms with Gasteiger partial charge in [0.25, 0.3) is 0 Å². The summed E-state index contributed by atoms with van der Waals surface area (Å²) in [5.41, 5.74) is 3.68. The summed E-state index contributed by atoms with van der Waals surface area (Å²) in [6.07, 6.45) is 0. The van der Waals surface area contributed by atoms with Gasteiger partial charge in [0.15, 0.2) is 0 Å². The zero-order valence-corrected chi connectivity index (χ0v) is 11.2. The van der Waals surface area contributed by atoms with Gasteiger partial charge in [0.1, 0.15) is 28.2 Å². The molecule has 2 aromatic rings. The summed E-state index contributed by atoms with van der Waals surface area (Å²) in [7, 11) is -4.02. The van der Waals surface area contributed by atoms with Crippen molar-refractivity contribution in [3.63, 3.8) is 0 Å². The molecule has 2 rings (SSSR count). The molecular formula is C13H12F2N2O2S. The quantitative estimate of drug-likeness (QED) is 0.938. The van der Waals surface area contributed by atoms with Crippen molar-refractivity contribution < 1.29 is 22.9 Å². The van der Waals surface area contributed by atoms with Crippen LogP contribution in [0.25, 0.3) is 4.72 Å². The third kappa shape index (κ3) is 3.12. The van der Waals surface area contributed by atoms with Crippen LogP contribution in [0.2, 0.25) is 0 Å². The molecule has 0 bridgehead atoms. The monoisotopic (exact) mass is 298 g/mol. The molecule has 0 fully saturated rings. The van der Waals surface area contributed by atoms with Crippen LogP contribution in [0.3, 0.4) is 0 Å². The van der Waals surface area contributed by atoms with Gasteiger partial charge in [0.05, 0.1) is 4.90 Å². The summed E-state index contributed by atoms with van der Waals surface area (Å²) in [6, 6.07) is 8.26. The molecule has 0 atom stereocenters. The van der Waals surface area contributed by atoms with Gasteiger partial charge in [0.2, 0.25) is 0 Å². The Bertz CT molecular complexity index is 733. The van der Waals surface area contributed by atoms with Gasteiger partial charge in [-0.05, 0) is 30.3 Å². The smallest absolute Gasteiger partial charge is 0.132 e. The Morgan fingerprint density at radius 3 is 2.50 bits per heavy atom. The van der Waals surface area contributed by atoms with Crippen LogP contribution in [-0.2, 0) is 16.6 Å². The average Bonchev–Trinajstić information content (AvgIpc) is 2.38. The third-order valence-electron chi connectivity index (χ3n) is 2.62. The van der Waals surface area contributed by atoms with Crippen LogP contribution in [0.5, 0.6) is 0 Å². The van der Waals surface area contributed by atoms with E-state index in [1.165, 1.54) is 24.3 Å². The number of halogens is 2. The predicted octanol–water partition coefficient (Wildman–Crippen LogP) is 2.10. The van der Waals surface area contributed by atoms with Crippen molar-refractivity contribution in [2.24, 2.45) is 0 Å². The second-order valence-corrected chi connectivity index (χ2v) is 5.65. The zero-order valence-electron chi connectivity index (χ0n) is 10.4. The van der Waals surface area contributed by atoms with Crippen LogP contribution in [0.4, 0.5) is 14.5 Å². The molecule has 0 unspecified atom stereocenters. The topological polar surface area (TPSA) is 75.9 Å². The first-order valence-electron chi connectivity index (χ1n) is 5.73. The SMILES string of the molecule is [NH3+]Cc1cc(S(=O)(=O)[N-]c2cccc(F)c2)ccc1F. The fourth-order valence-corrected chi connectivity index (χ4v) is 2.66. The molecular weight excluding hydrogens is 286 g/mol. The van der Waals surface area contributed by atoms with Crippen molar-refractivity contribution in [3.8, 4) is 0 Å². The molecule has 0 aliphatic carbocycles. The lowest BCUT2D eigenvalue weighted by molar-refractivity contribution is -0.387. The molecule has 0 saturated heterocycles. The van der Waals surface area contributed by atoms with Gasteiger partial charge >= 0.3 is 0 Å². The van der Waals surface area contributed by atoms with E-state index in [1.807, 2.05) is 0 Å². The number of rotatable bonds is 4. The fourth-order valence-electron chi connectivity index (χ4n) is 1.63. The summed E-state index contributed by atoms with van der Waals surface area (Å²) in [6.45, 7) is 0.120. The van der Waals surface area contributed by atoms with Gasteiger partial charge in [-0.1, -0.05) is 12.1 Å². The van der Waals surface area contributed by atoms with E-state index in [-0.39, 0.29) is 22.7 Å². The van der Waals surface area contributed by atoms with E-state index in [2.05, 4.69) is 10.5 Å². The van der Waals surface area contributed by atoms with E-state index in [0.29, 0.717) is 0 Å². The molecule has 4 nitrogen and oxygen atoms in total. The molecule has 0 saturated carbocycles. The third-order valence-corrected chi connectivity index (χ3v) is 3.92. The maximum absolute atomic E-state index is 13.3. The van der Waals surface area contributed by atoms with Crippen molar-refractivity contribution in [1.82, 2.24) is 0 Å². The first-order chi connectivity index (χ1) is 9.42. The molecule has 0 radical (unpaired) electrons. The molecule has 0 aliphatic rings. The Hall–Kier alpha value is -1.99. The van der Waals surface area contributed by atoms with Crippen LogP contribution in [0, 0.1) is 11.6 Å². The van der Waals surface area contributed by atoms with Gasteiger partial charge in [-0.2, -0.15) is 0 Å². The minimum absolute atomic E-state index is 0.0227. The van der Waals surface area contributed by atoms with Crippen LogP contribution < -0.4 is 5.73 Å². The van der Waals surface area contributed by atoms with Crippen molar-refractivity contribution in [1.29, 1.82) is 0 Å². The summed E-state index contributed by atoms with van der Waals surface area (Å²) >= 11 is 0. The lowest BCUT2D eigenvalue weighted by Crippen LogP contribution is -2.47. The number of nitrogens with zero attached hydrogens (tertiary/aromatic N) is 1. The number of hydrogen-bond acceptors (Lipinski definition) is 2. The molecule has 2 aromatic carbocycles. The van der Waals surface area contributed by atoms with E-state index in [4.69, 9.17) is 0 Å². The van der Waals surface area contributed by atoms with Gasteiger partial charge in [-0.3, -0.25) is 0 Å². The lowest BCUT2D eigenvalue weighted by Gasteiger charge is -2.22. The summed E-state index contributed by atoms with van der Waals surface area (Å²) < 4.78 is 54.0. The highest BCUT2D eigenvalue weighted by Gasteiger charge is 2.10. The van der Waals surface area contributed by atoms with Gasteiger partial charge < -0.3 is 10.5 Å². The number of benzene rings is 2. The molecule has 0 aromatic heterocycles. The zero-order chi connectivity index (χ0) is 14.8. The minimum atomic E-state index is -4.02. The Balaban J connectivity index is 2.35. The van der Waals surface area contributed by atoms with Crippen LogP contribution >= 0.6 is 0 Å². The molecule has 106 valence electrons. The van der Waals surface area contributed by atoms with Gasteiger partial charge in [0, 0.05) is 5.56 Å². The van der Waals surface area contributed by atoms with E-state index in [1.54, 1.807) is 0 Å². The van der Waals surface area contributed by atoms with Crippen LogP contribution in [0.1, 0.15) is 5.56 Å². The molecule has 7 heteroatoms. The van der Waals surface area contributed by atoms with Crippen molar-refractivity contribution in [2.75, 3.05) is 0 Å². The number of hydrogen-bond donors (Lipinski definition) is 1. The summed E-state index contributed by atoms with van der Waals surface area (Å²) in [5.74, 6) is -1.11. The first-order valence-corrected chi connectivity index (χ1v) is 7.17. The Morgan fingerprint density at radius 2 is 1.85 bits per heavy atom.